The van der Waals surface area contributed by atoms with Crippen LogP contribution in [0.1, 0.15) is 34.5 Å². The summed E-state index contributed by atoms with van der Waals surface area (Å²) in [5.74, 6) is -1.01. The number of imidazole rings is 1. The number of thiophene rings is 1. The van der Waals surface area contributed by atoms with E-state index in [2.05, 4.69) is 4.98 Å². The molecule has 1 atom stereocenters. The number of rotatable bonds is 5. The monoisotopic (exact) mass is 373 g/mol. The maximum atomic E-state index is 14.8. The Kier molecular flexibility index (Phi) is 4.74. The fourth-order valence-corrected chi connectivity index (χ4v) is 3.92. The second-order valence-electron chi connectivity index (χ2n) is 6.64. The Morgan fingerprint density at radius 1 is 1.46 bits per heavy atom. The third kappa shape index (κ3) is 3.37. The average Bonchev–Trinajstić information content (AvgIpc) is 3.37. The average molecular weight is 373 g/mol. The van der Waals surface area contributed by atoms with Crippen LogP contribution in [0.3, 0.4) is 0 Å². The zero-order valence-electron chi connectivity index (χ0n) is 14.5. The summed E-state index contributed by atoms with van der Waals surface area (Å²) in [5, 5.41) is 3.97. The van der Waals surface area contributed by atoms with Gasteiger partial charge in [-0.2, -0.15) is 15.7 Å². The zero-order chi connectivity index (χ0) is 18.1. The first kappa shape index (κ1) is 17.2. The first-order valence-electron chi connectivity index (χ1n) is 8.68. The molecular weight excluding hydrogens is 353 g/mol. The molecule has 26 heavy (non-hydrogen) atoms. The number of pyridine rings is 1. The maximum absolute atomic E-state index is 14.8. The third-order valence-corrected chi connectivity index (χ3v) is 5.33. The van der Waals surface area contributed by atoms with Gasteiger partial charge in [0.2, 0.25) is 5.95 Å². The van der Waals surface area contributed by atoms with E-state index in [4.69, 9.17) is 4.74 Å². The van der Waals surface area contributed by atoms with Crippen molar-refractivity contribution in [2.45, 2.75) is 32.4 Å². The van der Waals surface area contributed by atoms with Crippen molar-refractivity contribution in [2.75, 3.05) is 13.2 Å². The number of amides is 1. The molecule has 1 aliphatic rings. The Bertz CT molecular complexity index is 916. The summed E-state index contributed by atoms with van der Waals surface area (Å²) in [5.41, 5.74) is 2.23. The number of carbonyl (C=O) groups excluding carboxylic acids is 1. The van der Waals surface area contributed by atoms with Crippen LogP contribution in [0.25, 0.3) is 5.65 Å². The fourth-order valence-electron chi connectivity index (χ4n) is 3.26. The molecule has 136 valence electrons. The van der Waals surface area contributed by atoms with Crippen molar-refractivity contribution in [3.05, 3.63) is 57.9 Å². The van der Waals surface area contributed by atoms with Gasteiger partial charge in [-0.1, -0.05) is 6.07 Å². The van der Waals surface area contributed by atoms with Gasteiger partial charge in [-0.3, -0.25) is 9.20 Å². The normalized spacial score (nSPS) is 17.1. The summed E-state index contributed by atoms with van der Waals surface area (Å²) in [6.07, 6.45) is 3.56. The van der Waals surface area contributed by atoms with Crippen LogP contribution >= 0.6 is 11.3 Å². The zero-order valence-corrected chi connectivity index (χ0v) is 15.3. The molecule has 3 aromatic heterocycles. The first-order valence-corrected chi connectivity index (χ1v) is 9.62. The highest BCUT2D eigenvalue weighted by Gasteiger charge is 2.28. The molecule has 7 heteroatoms. The van der Waals surface area contributed by atoms with E-state index in [1.165, 1.54) is 4.40 Å². The summed E-state index contributed by atoms with van der Waals surface area (Å²) < 4.78 is 21.8. The van der Waals surface area contributed by atoms with Crippen molar-refractivity contribution < 1.29 is 13.9 Å². The lowest BCUT2D eigenvalue weighted by Gasteiger charge is -2.24. The molecular formula is C19H20FN3O2S. The van der Waals surface area contributed by atoms with Gasteiger partial charge in [0.15, 0.2) is 5.69 Å². The summed E-state index contributed by atoms with van der Waals surface area (Å²) in [7, 11) is 0. The topological polar surface area (TPSA) is 46.8 Å². The minimum Gasteiger partial charge on any atom is -0.376 e. The molecule has 4 heterocycles. The van der Waals surface area contributed by atoms with Gasteiger partial charge in [-0.25, -0.2) is 4.98 Å². The van der Waals surface area contributed by atoms with E-state index in [-0.39, 0.29) is 11.8 Å². The number of aromatic nitrogens is 2. The molecule has 0 radical (unpaired) electrons. The smallest absolute Gasteiger partial charge is 0.277 e. The predicted octanol–water partition coefficient (Wildman–Crippen LogP) is 3.66. The number of carbonyl (C=O) groups is 1. The van der Waals surface area contributed by atoms with Crippen LogP contribution in [0.4, 0.5) is 4.39 Å². The Hall–Kier alpha value is -2.25. The van der Waals surface area contributed by atoms with E-state index in [9.17, 15) is 9.18 Å². The van der Waals surface area contributed by atoms with E-state index in [1.807, 2.05) is 29.8 Å². The van der Waals surface area contributed by atoms with Gasteiger partial charge in [0, 0.05) is 25.9 Å². The summed E-state index contributed by atoms with van der Waals surface area (Å²) >= 11 is 1.58. The van der Waals surface area contributed by atoms with E-state index in [0.717, 1.165) is 24.0 Å². The molecule has 1 fully saturated rings. The minimum absolute atomic E-state index is 0.0000715. The Morgan fingerprint density at radius 2 is 2.35 bits per heavy atom. The molecule has 0 bridgehead atoms. The van der Waals surface area contributed by atoms with Crippen LogP contribution in [-0.4, -0.2) is 39.4 Å². The molecule has 0 N–H and O–H groups in total. The van der Waals surface area contributed by atoms with Gasteiger partial charge < -0.3 is 9.64 Å². The lowest BCUT2D eigenvalue weighted by Crippen LogP contribution is -2.37. The third-order valence-electron chi connectivity index (χ3n) is 4.60. The van der Waals surface area contributed by atoms with Crippen LogP contribution in [-0.2, 0) is 11.3 Å². The van der Waals surface area contributed by atoms with E-state index >= 15 is 0 Å². The van der Waals surface area contributed by atoms with Crippen LogP contribution < -0.4 is 0 Å². The lowest BCUT2D eigenvalue weighted by molar-refractivity contribution is 0.0499. The van der Waals surface area contributed by atoms with Crippen molar-refractivity contribution in [1.29, 1.82) is 0 Å². The molecule has 0 saturated carbocycles. The highest BCUT2D eigenvalue weighted by atomic mass is 32.1. The van der Waals surface area contributed by atoms with Gasteiger partial charge >= 0.3 is 0 Å². The van der Waals surface area contributed by atoms with Crippen molar-refractivity contribution >= 4 is 22.9 Å². The molecule has 1 unspecified atom stereocenters. The van der Waals surface area contributed by atoms with E-state index in [0.29, 0.717) is 25.3 Å². The number of hydrogen-bond donors (Lipinski definition) is 0. The van der Waals surface area contributed by atoms with Crippen molar-refractivity contribution in [1.82, 2.24) is 14.3 Å². The molecule has 0 aliphatic carbocycles. The quantitative estimate of drug-likeness (QED) is 0.686. The lowest BCUT2D eigenvalue weighted by atomic mass is 10.2. The van der Waals surface area contributed by atoms with Crippen molar-refractivity contribution in [3.63, 3.8) is 0 Å². The largest absolute Gasteiger partial charge is 0.376 e. The number of nitrogens with zero attached hydrogens (tertiary/aromatic N) is 3. The summed E-state index contributed by atoms with van der Waals surface area (Å²) in [4.78, 5) is 19.0. The highest BCUT2D eigenvalue weighted by molar-refractivity contribution is 7.07. The molecule has 0 spiro atoms. The van der Waals surface area contributed by atoms with Crippen LogP contribution in [0.5, 0.6) is 0 Å². The second-order valence-corrected chi connectivity index (χ2v) is 7.42. The van der Waals surface area contributed by atoms with Crippen molar-refractivity contribution in [3.8, 4) is 0 Å². The number of ether oxygens (including phenoxy) is 1. The van der Waals surface area contributed by atoms with Crippen LogP contribution in [0.15, 0.2) is 35.2 Å². The van der Waals surface area contributed by atoms with E-state index in [1.54, 1.807) is 28.5 Å². The summed E-state index contributed by atoms with van der Waals surface area (Å²) in [6, 6.07) is 5.55. The molecule has 1 aliphatic heterocycles. The van der Waals surface area contributed by atoms with Gasteiger partial charge in [-0.05, 0) is 53.8 Å². The molecule has 1 saturated heterocycles. The standard InChI is InChI=1S/C19H20FN3O2S/c1-13-4-5-16-21-17(18(20)23(16)9-13)19(24)22(10-14-6-8-26-12-14)11-15-3-2-7-25-15/h4-6,8-9,12,15H,2-3,7,10-11H2,1H3. The molecule has 0 aromatic carbocycles. The minimum atomic E-state index is -0.614. The Morgan fingerprint density at radius 3 is 3.08 bits per heavy atom. The molecule has 4 rings (SSSR count). The maximum Gasteiger partial charge on any atom is 0.277 e. The summed E-state index contributed by atoms with van der Waals surface area (Å²) in [6.45, 7) is 3.46. The van der Waals surface area contributed by atoms with E-state index < -0.39 is 11.9 Å². The van der Waals surface area contributed by atoms with Crippen LogP contribution in [0, 0.1) is 12.9 Å². The molecule has 3 aromatic rings. The number of hydrogen-bond acceptors (Lipinski definition) is 4. The number of fused-ring (bicyclic) bond motifs is 1. The van der Waals surface area contributed by atoms with Gasteiger partial charge in [0.25, 0.3) is 5.91 Å². The SMILES string of the molecule is Cc1ccc2nc(C(=O)N(Cc3ccsc3)CC3CCCO3)c(F)n2c1. The predicted molar refractivity (Wildman–Crippen MR) is 97.9 cm³/mol. The fraction of sp³-hybridized carbons (Fsp3) is 0.368. The number of aryl methyl sites for hydroxylation is 1. The number of halogens is 1. The van der Waals surface area contributed by atoms with Gasteiger partial charge in [0.05, 0.1) is 6.10 Å². The van der Waals surface area contributed by atoms with Gasteiger partial charge in [0.1, 0.15) is 5.65 Å². The first-order chi connectivity index (χ1) is 12.6. The highest BCUT2D eigenvalue weighted by Crippen LogP contribution is 2.20. The Balaban J connectivity index is 1.65. The molecule has 1 amide bonds. The van der Waals surface area contributed by atoms with Gasteiger partial charge in [-0.15, -0.1) is 0 Å². The molecule has 5 nitrogen and oxygen atoms in total. The second kappa shape index (κ2) is 7.17. The van der Waals surface area contributed by atoms with Crippen molar-refractivity contribution in [2.24, 2.45) is 0 Å². The Labute approximate surface area is 155 Å². The van der Waals surface area contributed by atoms with Crippen LogP contribution in [0.2, 0.25) is 0 Å².